The van der Waals surface area contributed by atoms with Crippen LogP contribution in [-0.4, -0.2) is 25.4 Å². The molecule has 1 heterocycles. The van der Waals surface area contributed by atoms with E-state index in [9.17, 15) is 9.59 Å². The molecule has 0 aliphatic carbocycles. The number of benzene rings is 2. The number of ether oxygens (including phenoxy) is 1. The van der Waals surface area contributed by atoms with Crippen LogP contribution in [0.5, 0.6) is 5.75 Å². The van der Waals surface area contributed by atoms with Crippen LogP contribution in [0, 0.1) is 11.3 Å². The average Bonchev–Trinajstić information content (AvgIpc) is 2.76. The van der Waals surface area contributed by atoms with Gasteiger partial charge in [-0.1, -0.05) is 44.2 Å². The Morgan fingerprint density at radius 2 is 1.66 bits per heavy atom. The number of carbonyl (C=O) groups is 2. The van der Waals surface area contributed by atoms with Gasteiger partial charge in [0.2, 0.25) is 11.8 Å². The zero-order chi connectivity index (χ0) is 21.2. The number of hydrogen-bond donors (Lipinski definition) is 0. The van der Waals surface area contributed by atoms with Crippen molar-refractivity contribution in [3.8, 4) is 5.75 Å². The van der Waals surface area contributed by atoms with Crippen LogP contribution in [-0.2, 0) is 16.2 Å². The Morgan fingerprint density at radius 3 is 2.31 bits per heavy atom. The van der Waals surface area contributed by atoms with Crippen LogP contribution < -0.4 is 14.5 Å². The van der Waals surface area contributed by atoms with E-state index in [2.05, 4.69) is 13.8 Å². The molecule has 0 bridgehead atoms. The summed E-state index contributed by atoms with van der Waals surface area (Å²) in [6.07, 6.45) is 0.866. The Morgan fingerprint density at radius 1 is 0.966 bits per heavy atom. The van der Waals surface area contributed by atoms with Crippen LogP contribution in [0.1, 0.15) is 39.7 Å². The standard InChI is InChI=1S/C24H30N2O3/c1-17(2)13-14-26-20-12-11-19(29-16-18-9-7-6-8-10-18)15-21(20)25(5)22(27)24(3,4)23(26)28/h6-12,15,17H,13-14,16H2,1-5H3. The predicted octanol–water partition coefficient (Wildman–Crippen LogP) is 4.65. The van der Waals surface area contributed by atoms with Crippen molar-refractivity contribution in [3.05, 3.63) is 54.1 Å². The summed E-state index contributed by atoms with van der Waals surface area (Å²) in [5.41, 5.74) is 1.41. The molecular formula is C24H30N2O3. The van der Waals surface area contributed by atoms with E-state index >= 15 is 0 Å². The molecule has 0 radical (unpaired) electrons. The van der Waals surface area contributed by atoms with E-state index in [-0.39, 0.29) is 11.8 Å². The number of fused-ring (bicyclic) bond motifs is 1. The number of amides is 2. The number of carbonyl (C=O) groups excluding carboxylic acids is 2. The Hall–Kier alpha value is -2.82. The van der Waals surface area contributed by atoms with Gasteiger partial charge in [-0.05, 0) is 43.9 Å². The van der Waals surface area contributed by atoms with Crippen LogP contribution in [0.25, 0.3) is 0 Å². The number of nitrogens with zero attached hydrogens (tertiary/aromatic N) is 2. The van der Waals surface area contributed by atoms with Crippen LogP contribution in [0.15, 0.2) is 48.5 Å². The van der Waals surface area contributed by atoms with Crippen molar-refractivity contribution in [2.75, 3.05) is 23.4 Å². The van der Waals surface area contributed by atoms with Crippen molar-refractivity contribution in [1.82, 2.24) is 0 Å². The van der Waals surface area contributed by atoms with E-state index in [4.69, 9.17) is 4.74 Å². The second-order valence-corrected chi connectivity index (χ2v) is 8.55. The summed E-state index contributed by atoms with van der Waals surface area (Å²) in [6, 6.07) is 15.5. The van der Waals surface area contributed by atoms with Crippen LogP contribution in [0.3, 0.4) is 0 Å². The Balaban J connectivity index is 1.95. The van der Waals surface area contributed by atoms with Crippen molar-refractivity contribution >= 4 is 23.2 Å². The first kappa shape index (κ1) is 20.9. The average molecular weight is 395 g/mol. The second kappa shape index (κ2) is 8.27. The lowest BCUT2D eigenvalue weighted by Crippen LogP contribution is -2.47. The Bertz CT molecular complexity index is 890. The van der Waals surface area contributed by atoms with Crippen molar-refractivity contribution < 1.29 is 14.3 Å². The summed E-state index contributed by atoms with van der Waals surface area (Å²) in [4.78, 5) is 29.6. The molecule has 3 rings (SSSR count). The molecule has 0 N–H and O–H groups in total. The van der Waals surface area contributed by atoms with Gasteiger partial charge in [0, 0.05) is 19.7 Å². The third-order valence-corrected chi connectivity index (χ3v) is 5.40. The molecule has 154 valence electrons. The van der Waals surface area contributed by atoms with E-state index in [0.29, 0.717) is 30.5 Å². The molecule has 1 aliphatic rings. The summed E-state index contributed by atoms with van der Waals surface area (Å²) in [5.74, 6) is 0.755. The first-order valence-electron chi connectivity index (χ1n) is 10.1. The molecule has 0 atom stereocenters. The molecule has 29 heavy (non-hydrogen) atoms. The lowest BCUT2D eigenvalue weighted by Gasteiger charge is -2.28. The Kier molecular flexibility index (Phi) is 5.96. The van der Waals surface area contributed by atoms with Crippen molar-refractivity contribution in [3.63, 3.8) is 0 Å². The summed E-state index contributed by atoms with van der Waals surface area (Å²) < 4.78 is 5.95. The van der Waals surface area contributed by atoms with Gasteiger partial charge in [-0.3, -0.25) is 9.59 Å². The van der Waals surface area contributed by atoms with Gasteiger partial charge in [0.05, 0.1) is 11.4 Å². The molecule has 0 unspecified atom stereocenters. The molecular weight excluding hydrogens is 364 g/mol. The maximum absolute atomic E-state index is 13.2. The summed E-state index contributed by atoms with van der Waals surface area (Å²) >= 11 is 0. The zero-order valence-electron chi connectivity index (χ0n) is 17.9. The fourth-order valence-corrected chi connectivity index (χ4v) is 3.51. The Labute approximate surface area is 173 Å². The van der Waals surface area contributed by atoms with Gasteiger partial charge in [0.15, 0.2) is 0 Å². The number of hydrogen-bond acceptors (Lipinski definition) is 3. The highest BCUT2D eigenvalue weighted by Crippen LogP contribution is 2.40. The molecule has 5 nitrogen and oxygen atoms in total. The molecule has 1 aliphatic heterocycles. The van der Waals surface area contributed by atoms with Crippen LogP contribution in [0.2, 0.25) is 0 Å². The first-order valence-corrected chi connectivity index (χ1v) is 10.1. The molecule has 0 spiro atoms. The molecule has 2 aromatic rings. The smallest absolute Gasteiger partial charge is 0.242 e. The molecule has 2 amide bonds. The van der Waals surface area contributed by atoms with Crippen molar-refractivity contribution in [1.29, 1.82) is 0 Å². The van der Waals surface area contributed by atoms with Crippen molar-refractivity contribution in [2.24, 2.45) is 11.3 Å². The van der Waals surface area contributed by atoms with Crippen molar-refractivity contribution in [2.45, 2.75) is 40.7 Å². The largest absolute Gasteiger partial charge is 0.489 e. The van der Waals surface area contributed by atoms with Gasteiger partial charge in [-0.25, -0.2) is 0 Å². The van der Waals surface area contributed by atoms with E-state index in [1.807, 2.05) is 48.5 Å². The van der Waals surface area contributed by atoms with E-state index in [1.54, 1.807) is 30.7 Å². The van der Waals surface area contributed by atoms with E-state index in [1.165, 1.54) is 0 Å². The lowest BCUT2D eigenvalue weighted by atomic mass is 9.90. The van der Waals surface area contributed by atoms with Gasteiger partial charge < -0.3 is 14.5 Å². The number of anilines is 2. The minimum Gasteiger partial charge on any atom is -0.489 e. The second-order valence-electron chi connectivity index (χ2n) is 8.55. The predicted molar refractivity (Wildman–Crippen MR) is 116 cm³/mol. The fourth-order valence-electron chi connectivity index (χ4n) is 3.51. The van der Waals surface area contributed by atoms with E-state index in [0.717, 1.165) is 17.7 Å². The summed E-state index contributed by atoms with van der Waals surface area (Å²) in [6.45, 7) is 8.69. The molecule has 0 fully saturated rings. The van der Waals surface area contributed by atoms with Gasteiger partial charge >= 0.3 is 0 Å². The summed E-state index contributed by atoms with van der Waals surface area (Å²) in [5, 5.41) is 0. The van der Waals surface area contributed by atoms with Crippen LogP contribution >= 0.6 is 0 Å². The minimum atomic E-state index is -1.12. The SMILES string of the molecule is CC(C)CCN1C(=O)C(C)(C)C(=O)N(C)c2cc(OCc3ccccc3)ccc21. The van der Waals surface area contributed by atoms with Gasteiger partial charge in [-0.15, -0.1) is 0 Å². The molecule has 0 saturated heterocycles. The third-order valence-electron chi connectivity index (χ3n) is 5.40. The molecule has 0 saturated carbocycles. The fraction of sp³-hybridized carbons (Fsp3) is 0.417. The van der Waals surface area contributed by atoms with E-state index < -0.39 is 5.41 Å². The lowest BCUT2D eigenvalue weighted by molar-refractivity contribution is -0.137. The molecule has 5 heteroatoms. The highest BCUT2D eigenvalue weighted by molar-refractivity contribution is 6.20. The van der Waals surface area contributed by atoms with Gasteiger partial charge in [0.25, 0.3) is 0 Å². The molecule has 2 aromatic carbocycles. The maximum atomic E-state index is 13.2. The number of rotatable bonds is 6. The quantitative estimate of drug-likeness (QED) is 0.670. The molecule has 0 aromatic heterocycles. The first-order chi connectivity index (χ1) is 13.7. The topological polar surface area (TPSA) is 49.9 Å². The highest BCUT2D eigenvalue weighted by atomic mass is 16.5. The van der Waals surface area contributed by atoms with Gasteiger partial charge in [-0.2, -0.15) is 0 Å². The normalized spacial score (nSPS) is 16.1. The van der Waals surface area contributed by atoms with Gasteiger partial charge in [0.1, 0.15) is 17.8 Å². The zero-order valence-corrected chi connectivity index (χ0v) is 17.9. The summed E-state index contributed by atoms with van der Waals surface area (Å²) in [7, 11) is 1.73. The van der Waals surface area contributed by atoms with Crippen LogP contribution in [0.4, 0.5) is 11.4 Å². The highest BCUT2D eigenvalue weighted by Gasteiger charge is 2.45. The maximum Gasteiger partial charge on any atom is 0.242 e. The monoisotopic (exact) mass is 394 g/mol. The third kappa shape index (κ3) is 4.29. The minimum absolute atomic E-state index is 0.160.